The van der Waals surface area contributed by atoms with Gasteiger partial charge in [0.2, 0.25) is 0 Å². The molecule has 2 aromatic carbocycles. The lowest BCUT2D eigenvalue weighted by atomic mass is 10.1. The lowest BCUT2D eigenvalue weighted by Gasteiger charge is -2.14. The van der Waals surface area contributed by atoms with Crippen LogP contribution in [0.25, 0.3) is 0 Å². The number of carbonyl (C=O) groups excluding carboxylic acids is 2. The predicted molar refractivity (Wildman–Crippen MR) is 121 cm³/mol. The zero-order valence-corrected chi connectivity index (χ0v) is 18.0. The molecule has 0 aliphatic carbocycles. The number of methoxy groups -OCH3 is 2. The first-order valence-corrected chi connectivity index (χ1v) is 9.62. The van der Waals surface area contributed by atoms with E-state index in [9.17, 15) is 9.59 Å². The number of hydrogen-bond donors (Lipinski definition) is 3. The Bertz CT molecular complexity index is 1110. The summed E-state index contributed by atoms with van der Waals surface area (Å²) in [5, 5.41) is 8.46. The predicted octanol–water partition coefficient (Wildman–Crippen LogP) is 3.98. The summed E-state index contributed by atoms with van der Waals surface area (Å²) in [5.41, 5.74) is 2.41. The van der Waals surface area contributed by atoms with Crippen molar-refractivity contribution in [1.82, 2.24) is 5.32 Å². The number of anilines is 2. The van der Waals surface area contributed by atoms with E-state index in [1.54, 1.807) is 42.5 Å². The molecule has 1 heterocycles. The Morgan fingerprint density at radius 1 is 0.935 bits per heavy atom. The van der Waals surface area contributed by atoms with E-state index in [4.69, 9.17) is 26.1 Å². The highest BCUT2D eigenvalue weighted by Gasteiger charge is 2.14. The molecule has 3 aromatic rings. The van der Waals surface area contributed by atoms with Crippen LogP contribution in [0.5, 0.6) is 11.5 Å². The van der Waals surface area contributed by atoms with Gasteiger partial charge >= 0.3 is 0 Å². The molecule has 160 valence electrons. The maximum atomic E-state index is 12.5. The lowest BCUT2D eigenvalue weighted by molar-refractivity contribution is 0.0974. The van der Waals surface area contributed by atoms with Crippen molar-refractivity contribution in [1.29, 1.82) is 0 Å². The topological polar surface area (TPSA) is 102 Å². The Kier molecular flexibility index (Phi) is 6.88. The van der Waals surface area contributed by atoms with Crippen molar-refractivity contribution in [3.8, 4) is 11.5 Å². The molecule has 0 bridgehead atoms. The SMILES string of the molecule is COc1ccc(C(=O)NC(=S)Nc2cc(NC(=O)c3ccco3)ccc2C)cc1OC. The number of thiocarbonyl (C=S) groups is 1. The smallest absolute Gasteiger partial charge is 0.291 e. The molecule has 0 atom stereocenters. The van der Waals surface area contributed by atoms with E-state index >= 15 is 0 Å². The van der Waals surface area contributed by atoms with Crippen molar-refractivity contribution >= 4 is 40.5 Å². The number of rotatable bonds is 6. The fourth-order valence-electron chi connectivity index (χ4n) is 2.74. The molecule has 1 aromatic heterocycles. The van der Waals surface area contributed by atoms with Crippen molar-refractivity contribution in [2.75, 3.05) is 24.9 Å². The summed E-state index contributed by atoms with van der Waals surface area (Å²) in [6.07, 6.45) is 1.43. The third kappa shape index (κ3) is 5.40. The maximum Gasteiger partial charge on any atom is 0.291 e. The average molecular weight is 439 g/mol. The zero-order valence-electron chi connectivity index (χ0n) is 17.1. The molecule has 3 N–H and O–H groups in total. The number of amides is 2. The molecule has 0 fully saturated rings. The van der Waals surface area contributed by atoms with Crippen molar-refractivity contribution < 1.29 is 23.5 Å². The third-order valence-electron chi connectivity index (χ3n) is 4.36. The van der Waals surface area contributed by atoms with Gasteiger partial charge in [0.15, 0.2) is 22.4 Å². The molecule has 0 aliphatic heterocycles. The molecular weight excluding hydrogens is 418 g/mol. The summed E-state index contributed by atoms with van der Waals surface area (Å²) < 4.78 is 15.5. The minimum absolute atomic E-state index is 0.109. The molecule has 0 unspecified atom stereocenters. The fraction of sp³-hybridized carbons (Fsp3) is 0.136. The van der Waals surface area contributed by atoms with Crippen LogP contribution in [0.3, 0.4) is 0 Å². The normalized spacial score (nSPS) is 10.2. The van der Waals surface area contributed by atoms with Gasteiger partial charge in [-0.3, -0.25) is 14.9 Å². The van der Waals surface area contributed by atoms with Crippen molar-refractivity contribution in [2.45, 2.75) is 6.92 Å². The van der Waals surface area contributed by atoms with Crippen LogP contribution < -0.4 is 25.4 Å². The molecule has 9 heteroatoms. The summed E-state index contributed by atoms with van der Waals surface area (Å²) in [5.74, 6) is 0.379. The van der Waals surface area contributed by atoms with Crippen LogP contribution in [0.2, 0.25) is 0 Å². The van der Waals surface area contributed by atoms with E-state index in [0.29, 0.717) is 28.4 Å². The second-order valence-corrected chi connectivity index (χ2v) is 6.85. The van der Waals surface area contributed by atoms with Crippen LogP contribution in [0.1, 0.15) is 26.5 Å². The van der Waals surface area contributed by atoms with E-state index in [1.807, 2.05) is 13.0 Å². The van der Waals surface area contributed by atoms with Gasteiger partial charge in [-0.25, -0.2) is 0 Å². The highest BCUT2D eigenvalue weighted by atomic mass is 32.1. The van der Waals surface area contributed by atoms with Crippen LogP contribution in [0.4, 0.5) is 11.4 Å². The van der Waals surface area contributed by atoms with Crippen molar-refractivity contribution in [3.63, 3.8) is 0 Å². The minimum atomic E-state index is -0.404. The van der Waals surface area contributed by atoms with Gasteiger partial charge in [-0.05, 0) is 67.2 Å². The molecule has 0 aliphatic rings. The first-order chi connectivity index (χ1) is 14.9. The van der Waals surface area contributed by atoms with E-state index in [2.05, 4.69) is 16.0 Å². The number of carbonyl (C=O) groups is 2. The van der Waals surface area contributed by atoms with Crippen LogP contribution in [-0.4, -0.2) is 31.1 Å². The molecule has 0 spiro atoms. The van der Waals surface area contributed by atoms with Crippen LogP contribution >= 0.6 is 12.2 Å². The second kappa shape index (κ2) is 9.77. The Balaban J connectivity index is 1.67. The standard InChI is InChI=1S/C22H21N3O5S/c1-13-6-8-15(23-21(27)18-5-4-10-30-18)12-16(13)24-22(31)25-20(26)14-7-9-17(28-2)19(11-14)29-3/h4-12H,1-3H3,(H,23,27)(H2,24,25,26,31). The first kappa shape index (κ1) is 21.8. The molecule has 3 rings (SSSR count). The third-order valence-corrected chi connectivity index (χ3v) is 4.57. The molecule has 0 saturated heterocycles. The van der Waals surface area contributed by atoms with Gasteiger partial charge < -0.3 is 24.5 Å². The summed E-state index contributed by atoms with van der Waals surface area (Å²) in [7, 11) is 3.01. The van der Waals surface area contributed by atoms with E-state index in [-0.39, 0.29) is 16.8 Å². The van der Waals surface area contributed by atoms with E-state index < -0.39 is 5.91 Å². The Morgan fingerprint density at radius 2 is 1.71 bits per heavy atom. The molecule has 31 heavy (non-hydrogen) atoms. The van der Waals surface area contributed by atoms with Crippen LogP contribution in [-0.2, 0) is 0 Å². The van der Waals surface area contributed by atoms with Gasteiger partial charge in [0.25, 0.3) is 11.8 Å². The number of aryl methyl sites for hydroxylation is 1. The number of benzene rings is 2. The molecule has 0 radical (unpaired) electrons. The Morgan fingerprint density at radius 3 is 2.39 bits per heavy atom. The summed E-state index contributed by atoms with van der Waals surface area (Å²) in [6.45, 7) is 1.87. The van der Waals surface area contributed by atoms with Crippen LogP contribution in [0, 0.1) is 6.92 Å². The largest absolute Gasteiger partial charge is 0.493 e. The fourth-order valence-corrected chi connectivity index (χ4v) is 2.94. The van der Waals surface area contributed by atoms with Gasteiger partial charge in [-0.15, -0.1) is 0 Å². The average Bonchev–Trinajstić information content (AvgIpc) is 3.30. The summed E-state index contributed by atoms with van der Waals surface area (Å²) >= 11 is 5.28. The highest BCUT2D eigenvalue weighted by molar-refractivity contribution is 7.80. The maximum absolute atomic E-state index is 12.5. The number of furan rings is 1. The summed E-state index contributed by atoms with van der Waals surface area (Å²) in [6, 6.07) is 13.3. The summed E-state index contributed by atoms with van der Waals surface area (Å²) in [4.78, 5) is 24.7. The Labute approximate surface area is 184 Å². The van der Waals surface area contributed by atoms with Gasteiger partial charge in [-0.2, -0.15) is 0 Å². The molecule has 8 nitrogen and oxygen atoms in total. The second-order valence-electron chi connectivity index (χ2n) is 6.44. The monoisotopic (exact) mass is 439 g/mol. The highest BCUT2D eigenvalue weighted by Crippen LogP contribution is 2.27. The van der Waals surface area contributed by atoms with Gasteiger partial charge in [0.05, 0.1) is 20.5 Å². The Hall–Kier alpha value is -3.85. The van der Waals surface area contributed by atoms with Gasteiger partial charge in [0.1, 0.15) is 0 Å². The molecule has 0 saturated carbocycles. The molecular formula is C22H21N3O5S. The van der Waals surface area contributed by atoms with Crippen molar-refractivity contribution in [2.24, 2.45) is 0 Å². The van der Waals surface area contributed by atoms with Gasteiger partial charge in [-0.1, -0.05) is 6.07 Å². The minimum Gasteiger partial charge on any atom is -0.493 e. The van der Waals surface area contributed by atoms with E-state index in [0.717, 1.165) is 5.56 Å². The quantitative estimate of drug-likeness (QED) is 0.499. The number of nitrogens with one attached hydrogen (secondary N) is 3. The zero-order chi connectivity index (χ0) is 22.4. The van der Waals surface area contributed by atoms with Crippen LogP contribution in [0.15, 0.2) is 59.2 Å². The van der Waals surface area contributed by atoms with Gasteiger partial charge in [0, 0.05) is 16.9 Å². The lowest BCUT2D eigenvalue weighted by Crippen LogP contribution is -2.34. The molecule has 2 amide bonds. The first-order valence-electron chi connectivity index (χ1n) is 9.21. The number of ether oxygens (including phenoxy) is 2. The number of hydrogen-bond acceptors (Lipinski definition) is 6. The van der Waals surface area contributed by atoms with Crippen molar-refractivity contribution in [3.05, 3.63) is 71.7 Å². The van der Waals surface area contributed by atoms with E-state index in [1.165, 1.54) is 20.5 Å².